The topological polar surface area (TPSA) is 93.4 Å². The van der Waals surface area contributed by atoms with Gasteiger partial charge in [-0.05, 0) is 54.0 Å². The lowest BCUT2D eigenvalue weighted by molar-refractivity contribution is -0.114. The van der Waals surface area contributed by atoms with E-state index in [-0.39, 0.29) is 18.0 Å². The highest BCUT2D eigenvalue weighted by Gasteiger charge is 2.36. The number of carbonyl (C=O) groups is 1. The summed E-state index contributed by atoms with van der Waals surface area (Å²) < 4.78 is 22.9. The van der Waals surface area contributed by atoms with Gasteiger partial charge in [0.2, 0.25) is 5.75 Å². The average Bonchev–Trinajstić information content (AvgIpc) is 3.37. The molecule has 198 valence electrons. The van der Waals surface area contributed by atoms with Crippen LogP contribution in [0.1, 0.15) is 16.7 Å². The maximum Gasteiger partial charge on any atom is 0.283 e. The SMILES string of the molecule is COc1cc(/C=C2/C(=N)N3C(c4ccccc4)=CSC3=NC2=O)cc(OC)c1OCCOc1cccc(C)c1. The Bertz CT molecular complexity index is 1490. The van der Waals surface area contributed by atoms with Crippen molar-refractivity contribution in [3.63, 3.8) is 0 Å². The first kappa shape index (κ1) is 26.1. The predicted octanol–water partition coefficient (Wildman–Crippen LogP) is 5.77. The van der Waals surface area contributed by atoms with Gasteiger partial charge in [0.25, 0.3) is 5.91 Å². The number of nitrogens with one attached hydrogen (secondary N) is 1. The summed E-state index contributed by atoms with van der Waals surface area (Å²) in [7, 11) is 3.06. The van der Waals surface area contributed by atoms with Gasteiger partial charge in [0.1, 0.15) is 24.8 Å². The third-order valence-corrected chi connectivity index (χ3v) is 6.89. The minimum absolute atomic E-state index is 0.0525. The van der Waals surface area contributed by atoms with Crippen molar-refractivity contribution in [1.29, 1.82) is 5.41 Å². The van der Waals surface area contributed by atoms with E-state index in [1.54, 1.807) is 23.1 Å². The zero-order valence-corrected chi connectivity index (χ0v) is 22.6. The van der Waals surface area contributed by atoms with Crippen molar-refractivity contribution in [2.24, 2.45) is 4.99 Å². The van der Waals surface area contributed by atoms with Crippen LogP contribution in [0.5, 0.6) is 23.0 Å². The highest BCUT2D eigenvalue weighted by atomic mass is 32.2. The van der Waals surface area contributed by atoms with Crippen molar-refractivity contribution in [3.05, 3.63) is 94.4 Å². The van der Waals surface area contributed by atoms with Gasteiger partial charge in [-0.2, -0.15) is 4.99 Å². The molecule has 39 heavy (non-hydrogen) atoms. The summed E-state index contributed by atoms with van der Waals surface area (Å²) in [6.45, 7) is 2.61. The van der Waals surface area contributed by atoms with E-state index in [0.29, 0.717) is 34.6 Å². The first-order valence-electron chi connectivity index (χ1n) is 12.2. The number of hydrogen-bond donors (Lipinski definition) is 1. The first-order chi connectivity index (χ1) is 19.0. The molecule has 0 saturated carbocycles. The van der Waals surface area contributed by atoms with Crippen molar-refractivity contribution >= 4 is 40.4 Å². The lowest BCUT2D eigenvalue weighted by Crippen LogP contribution is -2.38. The number of benzene rings is 3. The van der Waals surface area contributed by atoms with Gasteiger partial charge in [-0.25, -0.2) is 0 Å². The molecule has 9 heteroatoms. The molecule has 3 aromatic carbocycles. The van der Waals surface area contributed by atoms with E-state index in [2.05, 4.69) is 4.99 Å². The van der Waals surface area contributed by atoms with Crippen LogP contribution >= 0.6 is 11.8 Å². The molecule has 2 aliphatic heterocycles. The monoisotopic (exact) mass is 541 g/mol. The Balaban J connectivity index is 1.37. The van der Waals surface area contributed by atoms with Gasteiger partial charge in [0.15, 0.2) is 16.7 Å². The molecule has 2 aliphatic rings. The number of carbonyl (C=O) groups excluding carboxylic acids is 1. The van der Waals surface area contributed by atoms with E-state index in [1.165, 1.54) is 26.0 Å². The van der Waals surface area contributed by atoms with Gasteiger partial charge in [-0.3, -0.25) is 15.1 Å². The molecule has 0 atom stereocenters. The number of nitrogens with zero attached hydrogens (tertiary/aromatic N) is 2. The van der Waals surface area contributed by atoms with Gasteiger partial charge in [-0.15, -0.1) is 0 Å². The lowest BCUT2D eigenvalue weighted by Gasteiger charge is -2.27. The van der Waals surface area contributed by atoms with Crippen molar-refractivity contribution < 1.29 is 23.7 Å². The van der Waals surface area contributed by atoms with Crippen LogP contribution < -0.4 is 18.9 Å². The molecule has 8 nitrogen and oxygen atoms in total. The molecule has 1 amide bonds. The summed E-state index contributed by atoms with van der Waals surface area (Å²) >= 11 is 1.33. The van der Waals surface area contributed by atoms with E-state index in [9.17, 15) is 4.79 Å². The number of methoxy groups -OCH3 is 2. The van der Waals surface area contributed by atoms with Crippen molar-refractivity contribution in [2.45, 2.75) is 6.92 Å². The van der Waals surface area contributed by atoms with Crippen LogP contribution in [-0.2, 0) is 4.79 Å². The molecular weight excluding hydrogens is 514 g/mol. The molecule has 0 saturated heterocycles. The highest BCUT2D eigenvalue weighted by molar-refractivity contribution is 8.17. The van der Waals surface area contributed by atoms with Gasteiger partial charge in [0, 0.05) is 5.41 Å². The van der Waals surface area contributed by atoms with E-state index in [0.717, 1.165) is 22.6 Å². The van der Waals surface area contributed by atoms with Crippen LogP contribution in [0.25, 0.3) is 11.8 Å². The Hall–Kier alpha value is -4.50. The Morgan fingerprint density at radius 2 is 1.67 bits per heavy atom. The van der Waals surface area contributed by atoms with Crippen LogP contribution in [-0.4, -0.2) is 49.2 Å². The molecule has 0 unspecified atom stereocenters. The van der Waals surface area contributed by atoms with Crippen molar-refractivity contribution in [2.75, 3.05) is 27.4 Å². The maximum absolute atomic E-state index is 12.9. The maximum atomic E-state index is 12.9. The summed E-state index contributed by atoms with van der Waals surface area (Å²) in [6, 6.07) is 21.0. The standard InChI is InChI=1S/C30H27N3O5S/c1-19-8-7-11-22(14-19)37-12-13-38-27-25(35-2)16-20(17-26(27)36-3)15-23-28(31)33-24(21-9-5-4-6-10-21)18-39-30(33)32-29(23)34/h4-11,14-18,31H,12-13H2,1-3H3/b23-15-,31-28?. The summed E-state index contributed by atoms with van der Waals surface area (Å²) in [5, 5.41) is 11.2. The number of thioether (sulfide) groups is 1. The minimum Gasteiger partial charge on any atom is -0.493 e. The smallest absolute Gasteiger partial charge is 0.283 e. The Kier molecular flexibility index (Phi) is 7.69. The predicted molar refractivity (Wildman–Crippen MR) is 154 cm³/mol. The molecule has 0 aromatic heterocycles. The molecule has 0 spiro atoms. The molecule has 0 bridgehead atoms. The van der Waals surface area contributed by atoms with Crippen LogP contribution in [0.15, 0.2) is 82.7 Å². The van der Waals surface area contributed by atoms with Gasteiger partial charge >= 0.3 is 0 Å². The average molecular weight is 542 g/mol. The Morgan fingerprint density at radius 1 is 0.949 bits per heavy atom. The van der Waals surface area contributed by atoms with Crippen molar-refractivity contribution in [3.8, 4) is 23.0 Å². The summed E-state index contributed by atoms with van der Waals surface area (Å²) in [5.74, 6) is 1.62. The fraction of sp³-hybridized carbons (Fsp3) is 0.167. The van der Waals surface area contributed by atoms with Crippen molar-refractivity contribution in [1.82, 2.24) is 4.90 Å². The van der Waals surface area contributed by atoms with Gasteiger partial charge in [-0.1, -0.05) is 54.2 Å². The molecule has 1 N–H and O–H groups in total. The number of fused-ring (bicyclic) bond motifs is 1. The number of amidine groups is 2. The molecule has 3 aromatic rings. The van der Waals surface area contributed by atoms with Crippen LogP contribution in [0.2, 0.25) is 0 Å². The number of amides is 1. The molecule has 0 fully saturated rings. The van der Waals surface area contributed by atoms with Gasteiger partial charge in [0.05, 0.1) is 25.5 Å². The van der Waals surface area contributed by atoms with E-state index in [1.807, 2.05) is 66.9 Å². The molecule has 0 aliphatic carbocycles. The van der Waals surface area contributed by atoms with E-state index >= 15 is 0 Å². The zero-order valence-electron chi connectivity index (χ0n) is 21.8. The Morgan fingerprint density at radius 3 is 2.36 bits per heavy atom. The largest absolute Gasteiger partial charge is 0.493 e. The zero-order chi connectivity index (χ0) is 27.4. The number of hydrogen-bond acceptors (Lipinski definition) is 7. The third-order valence-electron chi connectivity index (χ3n) is 6.07. The summed E-state index contributed by atoms with van der Waals surface area (Å²) in [5.41, 5.74) is 3.62. The van der Waals surface area contributed by atoms with Crippen LogP contribution in [0.3, 0.4) is 0 Å². The van der Waals surface area contributed by atoms with Crippen LogP contribution in [0, 0.1) is 12.3 Å². The molecule has 5 rings (SSSR count). The Labute approximate surface area is 231 Å². The minimum atomic E-state index is -0.479. The second-order valence-electron chi connectivity index (χ2n) is 8.70. The number of aryl methyl sites for hydroxylation is 1. The lowest BCUT2D eigenvalue weighted by atomic mass is 10.1. The molecular formula is C30H27N3O5S. The highest BCUT2D eigenvalue weighted by Crippen LogP contribution is 2.41. The third kappa shape index (κ3) is 5.53. The fourth-order valence-corrected chi connectivity index (χ4v) is 5.10. The van der Waals surface area contributed by atoms with Gasteiger partial charge < -0.3 is 18.9 Å². The molecule has 2 heterocycles. The fourth-order valence-electron chi connectivity index (χ4n) is 4.22. The summed E-state index contributed by atoms with van der Waals surface area (Å²) in [4.78, 5) is 18.8. The number of ether oxygens (including phenoxy) is 4. The normalized spacial score (nSPS) is 15.6. The second kappa shape index (κ2) is 11.5. The molecule has 0 radical (unpaired) electrons. The van der Waals surface area contributed by atoms with E-state index in [4.69, 9.17) is 24.4 Å². The number of rotatable bonds is 9. The first-order valence-corrected chi connectivity index (χ1v) is 13.1. The second-order valence-corrected chi connectivity index (χ2v) is 9.53. The number of aliphatic imine (C=N–C) groups is 1. The summed E-state index contributed by atoms with van der Waals surface area (Å²) in [6.07, 6.45) is 1.62. The van der Waals surface area contributed by atoms with Crippen LogP contribution in [0.4, 0.5) is 0 Å². The van der Waals surface area contributed by atoms with E-state index < -0.39 is 5.91 Å². The quantitative estimate of drug-likeness (QED) is 0.271.